The second kappa shape index (κ2) is 9.09. The number of hydrogen-bond donors (Lipinski definition) is 0. The van der Waals surface area contributed by atoms with E-state index in [1.54, 1.807) is 30.5 Å². The number of nitrogens with zero attached hydrogens (tertiary/aromatic N) is 2. The molecular weight excluding hydrogens is 360 g/mol. The van der Waals surface area contributed by atoms with Gasteiger partial charge in [0.25, 0.3) is 0 Å². The first kappa shape index (κ1) is 18.8. The SMILES string of the molecule is CN(CCOc1ccc(C=O)cc1)c1cccnc1OC1=CCC(=S)C=C1. The zero-order valence-corrected chi connectivity index (χ0v) is 15.8. The van der Waals surface area contributed by atoms with Gasteiger partial charge < -0.3 is 14.4 Å². The molecule has 3 rings (SSSR count). The van der Waals surface area contributed by atoms with E-state index in [2.05, 4.69) is 4.98 Å². The van der Waals surface area contributed by atoms with Crippen molar-refractivity contribution in [1.29, 1.82) is 0 Å². The highest BCUT2D eigenvalue weighted by Gasteiger charge is 2.12. The predicted molar refractivity (Wildman–Crippen MR) is 110 cm³/mol. The largest absolute Gasteiger partial charge is 0.492 e. The van der Waals surface area contributed by atoms with Crippen molar-refractivity contribution in [2.24, 2.45) is 0 Å². The summed E-state index contributed by atoms with van der Waals surface area (Å²) in [7, 11) is 1.96. The van der Waals surface area contributed by atoms with Crippen molar-refractivity contribution in [1.82, 2.24) is 4.98 Å². The zero-order chi connectivity index (χ0) is 19.1. The fourth-order valence-corrected chi connectivity index (χ4v) is 2.67. The summed E-state index contributed by atoms with van der Waals surface area (Å²) in [6, 6.07) is 10.9. The number of benzene rings is 1. The molecule has 2 aromatic rings. The van der Waals surface area contributed by atoms with Gasteiger partial charge in [-0.25, -0.2) is 4.98 Å². The Morgan fingerprint density at radius 2 is 2.04 bits per heavy atom. The average molecular weight is 380 g/mol. The minimum Gasteiger partial charge on any atom is -0.492 e. The normalized spacial score (nSPS) is 13.1. The molecule has 1 aromatic heterocycles. The number of pyridine rings is 1. The quantitative estimate of drug-likeness (QED) is 0.510. The van der Waals surface area contributed by atoms with Gasteiger partial charge in [0.2, 0.25) is 5.88 Å². The lowest BCUT2D eigenvalue weighted by atomic mass is 10.2. The van der Waals surface area contributed by atoms with Crippen molar-refractivity contribution in [3.8, 4) is 11.6 Å². The Labute approximate surface area is 163 Å². The molecule has 0 aliphatic heterocycles. The first-order valence-electron chi connectivity index (χ1n) is 8.59. The van der Waals surface area contributed by atoms with E-state index in [4.69, 9.17) is 21.7 Å². The van der Waals surface area contributed by atoms with Crippen LogP contribution in [-0.4, -0.2) is 36.3 Å². The molecule has 0 bridgehead atoms. The molecule has 138 valence electrons. The number of anilines is 1. The summed E-state index contributed by atoms with van der Waals surface area (Å²) in [5.41, 5.74) is 1.50. The minimum absolute atomic E-state index is 0.488. The lowest BCUT2D eigenvalue weighted by Crippen LogP contribution is -2.24. The van der Waals surface area contributed by atoms with E-state index >= 15 is 0 Å². The van der Waals surface area contributed by atoms with Gasteiger partial charge in [0.1, 0.15) is 30.1 Å². The van der Waals surface area contributed by atoms with Crippen LogP contribution in [0.1, 0.15) is 16.8 Å². The Hall–Kier alpha value is -2.99. The van der Waals surface area contributed by atoms with Crippen LogP contribution >= 0.6 is 12.2 Å². The predicted octanol–water partition coefficient (Wildman–Crippen LogP) is 4.00. The molecule has 5 nitrogen and oxygen atoms in total. The van der Waals surface area contributed by atoms with E-state index < -0.39 is 0 Å². The first-order chi connectivity index (χ1) is 13.2. The molecule has 1 aliphatic carbocycles. The number of rotatable bonds is 8. The second-order valence-electron chi connectivity index (χ2n) is 6.00. The highest BCUT2D eigenvalue weighted by Crippen LogP contribution is 2.27. The van der Waals surface area contributed by atoms with Gasteiger partial charge in [-0.2, -0.15) is 0 Å². The molecule has 0 saturated carbocycles. The molecule has 1 heterocycles. The monoisotopic (exact) mass is 380 g/mol. The van der Waals surface area contributed by atoms with Gasteiger partial charge in [0.15, 0.2) is 0 Å². The summed E-state index contributed by atoms with van der Waals surface area (Å²) >= 11 is 5.15. The molecule has 0 atom stereocenters. The number of aromatic nitrogens is 1. The lowest BCUT2D eigenvalue weighted by molar-refractivity contribution is 0.112. The van der Waals surface area contributed by atoms with Crippen LogP contribution in [0.25, 0.3) is 0 Å². The maximum Gasteiger partial charge on any atom is 0.243 e. The summed E-state index contributed by atoms with van der Waals surface area (Å²) in [5.74, 6) is 2.01. The van der Waals surface area contributed by atoms with Gasteiger partial charge in [-0.15, -0.1) is 0 Å². The smallest absolute Gasteiger partial charge is 0.243 e. The van der Waals surface area contributed by atoms with Crippen LogP contribution in [0.5, 0.6) is 11.6 Å². The molecular formula is C21H20N2O3S. The van der Waals surface area contributed by atoms with E-state index in [0.29, 0.717) is 31.0 Å². The van der Waals surface area contributed by atoms with E-state index in [9.17, 15) is 4.79 Å². The number of aldehydes is 1. The molecule has 1 aromatic carbocycles. The third kappa shape index (κ3) is 5.24. The van der Waals surface area contributed by atoms with Gasteiger partial charge in [0, 0.05) is 30.1 Å². The maximum atomic E-state index is 10.7. The summed E-state index contributed by atoms with van der Waals surface area (Å²) in [4.78, 5) is 18.0. The van der Waals surface area contributed by atoms with Crippen LogP contribution in [0.3, 0.4) is 0 Å². The minimum atomic E-state index is 0.488. The molecule has 0 fully saturated rings. The third-order valence-corrected chi connectivity index (χ3v) is 4.33. The molecule has 1 aliphatic rings. The lowest BCUT2D eigenvalue weighted by Gasteiger charge is -2.22. The van der Waals surface area contributed by atoms with Crippen LogP contribution in [0.4, 0.5) is 5.69 Å². The van der Waals surface area contributed by atoms with E-state index in [1.807, 2.05) is 42.3 Å². The van der Waals surface area contributed by atoms with Gasteiger partial charge in [-0.05, 0) is 54.6 Å². The Balaban J connectivity index is 1.59. The number of allylic oxidation sites excluding steroid dienone is 3. The number of hydrogen-bond acceptors (Lipinski definition) is 6. The number of ether oxygens (including phenoxy) is 2. The number of thiocarbonyl (C=S) groups is 1. The molecule has 0 amide bonds. The van der Waals surface area contributed by atoms with E-state index in [1.165, 1.54) is 0 Å². The van der Waals surface area contributed by atoms with Crippen molar-refractivity contribution in [2.45, 2.75) is 6.42 Å². The first-order valence-corrected chi connectivity index (χ1v) is 8.99. The highest BCUT2D eigenvalue weighted by molar-refractivity contribution is 7.80. The topological polar surface area (TPSA) is 51.7 Å². The van der Waals surface area contributed by atoms with Gasteiger partial charge in [0.05, 0.1) is 6.54 Å². The zero-order valence-electron chi connectivity index (χ0n) is 15.0. The molecule has 0 saturated heterocycles. The fraction of sp³-hybridized carbons (Fsp3) is 0.190. The summed E-state index contributed by atoms with van der Waals surface area (Å²) < 4.78 is 11.7. The Morgan fingerprint density at radius 1 is 1.22 bits per heavy atom. The van der Waals surface area contributed by atoms with Crippen LogP contribution < -0.4 is 14.4 Å². The summed E-state index contributed by atoms with van der Waals surface area (Å²) in [5, 5.41) is 0. The number of likely N-dealkylation sites (N-methyl/N-ethyl adjacent to an activating group) is 1. The second-order valence-corrected chi connectivity index (χ2v) is 6.52. The van der Waals surface area contributed by atoms with E-state index in [-0.39, 0.29) is 0 Å². The number of carbonyl (C=O) groups excluding carboxylic acids is 1. The standard InChI is InChI=1S/C21H20N2O3S/c1-23(13-14-25-17-6-4-16(15-24)5-7-17)20-3-2-12-22-21(20)26-18-8-10-19(27)11-9-18/h2-10,12,15H,11,13-14H2,1H3. The Bertz CT molecular complexity index is 875. The van der Waals surface area contributed by atoms with Crippen molar-refractivity contribution in [3.63, 3.8) is 0 Å². The Morgan fingerprint density at radius 3 is 2.74 bits per heavy atom. The molecule has 0 spiro atoms. The number of carbonyl (C=O) groups is 1. The van der Waals surface area contributed by atoms with Gasteiger partial charge in [-0.1, -0.05) is 12.2 Å². The average Bonchev–Trinajstić information content (AvgIpc) is 2.70. The van der Waals surface area contributed by atoms with Crippen molar-refractivity contribution in [2.75, 3.05) is 25.1 Å². The molecule has 0 radical (unpaired) electrons. The highest BCUT2D eigenvalue weighted by atomic mass is 32.1. The molecule has 27 heavy (non-hydrogen) atoms. The third-order valence-electron chi connectivity index (χ3n) is 4.03. The summed E-state index contributed by atoms with van der Waals surface area (Å²) in [6.45, 7) is 1.14. The molecule has 6 heteroatoms. The van der Waals surface area contributed by atoms with Crippen LogP contribution in [0.2, 0.25) is 0 Å². The van der Waals surface area contributed by atoms with Crippen molar-refractivity contribution in [3.05, 3.63) is 72.1 Å². The van der Waals surface area contributed by atoms with Crippen molar-refractivity contribution < 1.29 is 14.3 Å². The van der Waals surface area contributed by atoms with Crippen LogP contribution in [-0.2, 0) is 0 Å². The molecule has 0 unspecified atom stereocenters. The Kier molecular flexibility index (Phi) is 6.33. The van der Waals surface area contributed by atoms with Crippen LogP contribution in [0.15, 0.2) is 66.6 Å². The fourth-order valence-electron chi connectivity index (χ4n) is 2.51. The van der Waals surface area contributed by atoms with Crippen molar-refractivity contribution >= 4 is 29.1 Å². The molecule has 0 N–H and O–H groups in total. The van der Waals surface area contributed by atoms with Gasteiger partial charge in [-0.3, -0.25) is 4.79 Å². The summed E-state index contributed by atoms with van der Waals surface area (Å²) in [6.07, 6.45) is 8.90. The maximum absolute atomic E-state index is 10.7. The van der Waals surface area contributed by atoms with Gasteiger partial charge >= 0.3 is 0 Å². The van der Waals surface area contributed by atoms with E-state index in [0.717, 1.165) is 28.3 Å². The van der Waals surface area contributed by atoms with Crippen LogP contribution in [0, 0.1) is 0 Å².